The fourth-order valence-corrected chi connectivity index (χ4v) is 3.10. The molecule has 1 heterocycles. The molecule has 16 heavy (non-hydrogen) atoms. The Morgan fingerprint density at radius 2 is 1.81 bits per heavy atom. The summed E-state index contributed by atoms with van der Waals surface area (Å²) in [7, 11) is 1.50. The van der Waals surface area contributed by atoms with Crippen LogP contribution in [-0.4, -0.2) is 37.1 Å². The van der Waals surface area contributed by atoms with Gasteiger partial charge in [0.05, 0.1) is 13.0 Å². The van der Waals surface area contributed by atoms with Crippen LogP contribution in [0.15, 0.2) is 0 Å². The third-order valence-corrected chi connectivity index (χ3v) is 4.10. The van der Waals surface area contributed by atoms with Gasteiger partial charge in [0, 0.05) is 12.6 Å². The van der Waals surface area contributed by atoms with Crippen LogP contribution in [-0.2, 0) is 9.53 Å². The summed E-state index contributed by atoms with van der Waals surface area (Å²) in [6.07, 6.45) is 9.16. The fraction of sp³-hybridized carbons (Fsp3) is 0.923. The second-order valence-electron chi connectivity index (χ2n) is 5.15. The third-order valence-electron chi connectivity index (χ3n) is 4.10. The van der Waals surface area contributed by atoms with Gasteiger partial charge in [-0.15, -0.1) is 0 Å². The van der Waals surface area contributed by atoms with E-state index in [1.807, 2.05) is 0 Å². The molecule has 1 aliphatic carbocycles. The van der Waals surface area contributed by atoms with Gasteiger partial charge in [0.15, 0.2) is 0 Å². The molecule has 0 spiro atoms. The largest absolute Gasteiger partial charge is 0.469 e. The minimum Gasteiger partial charge on any atom is -0.469 e. The van der Waals surface area contributed by atoms with Crippen LogP contribution in [0.2, 0.25) is 0 Å². The highest BCUT2D eigenvalue weighted by Gasteiger charge is 2.32. The van der Waals surface area contributed by atoms with Gasteiger partial charge in [-0.1, -0.05) is 25.7 Å². The van der Waals surface area contributed by atoms with E-state index in [4.69, 9.17) is 4.74 Å². The van der Waals surface area contributed by atoms with Crippen LogP contribution in [0.1, 0.15) is 44.9 Å². The van der Waals surface area contributed by atoms with E-state index < -0.39 is 0 Å². The van der Waals surface area contributed by atoms with Gasteiger partial charge in [0.2, 0.25) is 0 Å². The Bertz CT molecular complexity index is 234. The molecule has 3 nitrogen and oxygen atoms in total. The molecule has 0 aromatic carbocycles. The average Bonchev–Trinajstić information content (AvgIpc) is 2.64. The summed E-state index contributed by atoms with van der Waals surface area (Å²) in [5.41, 5.74) is 0. The first kappa shape index (κ1) is 11.9. The quantitative estimate of drug-likeness (QED) is 0.533. The lowest BCUT2D eigenvalue weighted by Gasteiger charge is -2.26. The van der Waals surface area contributed by atoms with E-state index in [1.165, 1.54) is 45.6 Å². The first-order valence-corrected chi connectivity index (χ1v) is 6.63. The molecule has 0 radical (unpaired) electrons. The molecule has 0 amide bonds. The van der Waals surface area contributed by atoms with Gasteiger partial charge in [-0.25, -0.2) is 0 Å². The van der Waals surface area contributed by atoms with Crippen molar-refractivity contribution in [3.63, 3.8) is 0 Å². The van der Waals surface area contributed by atoms with Crippen LogP contribution in [0.4, 0.5) is 0 Å². The summed E-state index contributed by atoms with van der Waals surface area (Å²) >= 11 is 0. The summed E-state index contributed by atoms with van der Waals surface area (Å²) in [5.74, 6) is 0.115. The lowest BCUT2D eigenvalue weighted by Crippen LogP contribution is -2.33. The SMILES string of the molecule is COC(=O)C1CCN(C2CCCCCC2)C1. The molecule has 92 valence electrons. The number of carbonyl (C=O) groups excluding carboxylic acids is 1. The zero-order valence-electron chi connectivity index (χ0n) is 10.3. The average molecular weight is 225 g/mol. The van der Waals surface area contributed by atoms with Crippen molar-refractivity contribution < 1.29 is 9.53 Å². The number of carbonyl (C=O) groups is 1. The van der Waals surface area contributed by atoms with Gasteiger partial charge >= 0.3 is 5.97 Å². The van der Waals surface area contributed by atoms with Gasteiger partial charge in [0.25, 0.3) is 0 Å². The highest BCUT2D eigenvalue weighted by atomic mass is 16.5. The number of hydrogen-bond donors (Lipinski definition) is 0. The number of esters is 1. The van der Waals surface area contributed by atoms with Gasteiger partial charge in [-0.3, -0.25) is 9.69 Å². The molecule has 1 saturated heterocycles. The van der Waals surface area contributed by atoms with E-state index in [0.29, 0.717) is 0 Å². The normalized spacial score (nSPS) is 28.9. The van der Waals surface area contributed by atoms with E-state index in [9.17, 15) is 4.79 Å². The van der Waals surface area contributed by atoms with Crippen molar-refractivity contribution in [3.8, 4) is 0 Å². The lowest BCUT2D eigenvalue weighted by atomic mass is 10.1. The maximum atomic E-state index is 11.5. The zero-order chi connectivity index (χ0) is 11.4. The molecule has 2 fully saturated rings. The molecule has 1 atom stereocenters. The van der Waals surface area contributed by atoms with Crippen molar-refractivity contribution in [1.82, 2.24) is 4.90 Å². The van der Waals surface area contributed by atoms with Crippen LogP contribution in [0, 0.1) is 5.92 Å². The van der Waals surface area contributed by atoms with Gasteiger partial charge in [-0.2, -0.15) is 0 Å². The first-order valence-electron chi connectivity index (χ1n) is 6.63. The van der Waals surface area contributed by atoms with Crippen molar-refractivity contribution in [2.75, 3.05) is 20.2 Å². The van der Waals surface area contributed by atoms with Crippen molar-refractivity contribution in [2.45, 2.75) is 51.0 Å². The molecule has 1 aliphatic heterocycles. The molecule has 0 aromatic heterocycles. The number of methoxy groups -OCH3 is 1. The minimum absolute atomic E-state index is 0.0175. The van der Waals surface area contributed by atoms with Gasteiger partial charge in [0.1, 0.15) is 0 Å². The smallest absolute Gasteiger partial charge is 0.310 e. The molecular weight excluding hydrogens is 202 g/mol. The van der Waals surface area contributed by atoms with E-state index in [0.717, 1.165) is 25.6 Å². The highest BCUT2D eigenvalue weighted by molar-refractivity contribution is 5.72. The van der Waals surface area contributed by atoms with Crippen LogP contribution >= 0.6 is 0 Å². The van der Waals surface area contributed by atoms with E-state index in [1.54, 1.807) is 0 Å². The van der Waals surface area contributed by atoms with E-state index in [2.05, 4.69) is 4.90 Å². The number of likely N-dealkylation sites (tertiary alicyclic amines) is 1. The summed E-state index contributed by atoms with van der Waals surface area (Å²) in [6, 6.07) is 0.733. The first-order chi connectivity index (χ1) is 7.81. The van der Waals surface area contributed by atoms with Crippen molar-refractivity contribution in [1.29, 1.82) is 0 Å². The van der Waals surface area contributed by atoms with E-state index in [-0.39, 0.29) is 11.9 Å². The molecule has 0 N–H and O–H groups in total. The number of hydrogen-bond acceptors (Lipinski definition) is 3. The Morgan fingerprint density at radius 1 is 1.12 bits per heavy atom. The van der Waals surface area contributed by atoms with Gasteiger partial charge < -0.3 is 4.74 Å². The maximum Gasteiger partial charge on any atom is 0.310 e. The second kappa shape index (κ2) is 5.67. The summed E-state index contributed by atoms with van der Waals surface area (Å²) < 4.78 is 4.83. The molecule has 2 rings (SSSR count). The van der Waals surface area contributed by atoms with Crippen LogP contribution in [0.3, 0.4) is 0 Å². The van der Waals surface area contributed by atoms with Crippen LogP contribution < -0.4 is 0 Å². The van der Waals surface area contributed by atoms with Crippen LogP contribution in [0.25, 0.3) is 0 Å². The van der Waals surface area contributed by atoms with Gasteiger partial charge in [-0.05, 0) is 25.8 Å². The monoisotopic (exact) mass is 225 g/mol. The lowest BCUT2D eigenvalue weighted by molar-refractivity contribution is -0.145. The Hall–Kier alpha value is -0.570. The van der Waals surface area contributed by atoms with E-state index >= 15 is 0 Å². The molecule has 0 bridgehead atoms. The van der Waals surface area contributed by atoms with Crippen molar-refractivity contribution in [3.05, 3.63) is 0 Å². The topological polar surface area (TPSA) is 29.5 Å². The molecule has 3 heteroatoms. The predicted molar refractivity (Wildman–Crippen MR) is 63.2 cm³/mol. The molecular formula is C13H23NO2. The number of nitrogens with zero attached hydrogens (tertiary/aromatic N) is 1. The summed E-state index contributed by atoms with van der Waals surface area (Å²) in [4.78, 5) is 14.0. The van der Waals surface area contributed by atoms with Crippen LogP contribution in [0.5, 0.6) is 0 Å². The summed E-state index contributed by atoms with van der Waals surface area (Å²) in [5, 5.41) is 0. The van der Waals surface area contributed by atoms with Crippen molar-refractivity contribution in [2.24, 2.45) is 5.92 Å². The summed E-state index contributed by atoms with van der Waals surface area (Å²) in [6.45, 7) is 2.02. The van der Waals surface area contributed by atoms with Crippen molar-refractivity contribution >= 4 is 5.97 Å². The zero-order valence-corrected chi connectivity index (χ0v) is 10.3. The highest BCUT2D eigenvalue weighted by Crippen LogP contribution is 2.27. The second-order valence-corrected chi connectivity index (χ2v) is 5.15. The Labute approximate surface area is 98.1 Å². The standard InChI is InChI=1S/C13H23NO2/c1-16-13(15)11-8-9-14(10-11)12-6-4-2-3-5-7-12/h11-12H,2-10H2,1H3. The third kappa shape index (κ3) is 2.76. The Kier molecular flexibility index (Phi) is 4.22. The Morgan fingerprint density at radius 3 is 2.44 bits per heavy atom. The molecule has 1 unspecified atom stereocenters. The minimum atomic E-state index is -0.0175. The molecule has 0 aromatic rings. The number of rotatable bonds is 2. The molecule has 2 aliphatic rings. The maximum absolute atomic E-state index is 11.5. The predicted octanol–water partition coefficient (Wildman–Crippen LogP) is 2.20. The fourth-order valence-electron chi connectivity index (χ4n) is 3.10. The number of ether oxygens (including phenoxy) is 1. The Balaban J connectivity index is 1.84. The molecule has 1 saturated carbocycles.